The summed E-state index contributed by atoms with van der Waals surface area (Å²) in [6.07, 6.45) is 4.20. The first-order chi connectivity index (χ1) is 8.10. The molecule has 100 valence electrons. The van der Waals surface area contributed by atoms with E-state index in [0.29, 0.717) is 30.3 Å². The summed E-state index contributed by atoms with van der Waals surface area (Å²) < 4.78 is 0. The molecule has 0 aliphatic carbocycles. The van der Waals surface area contributed by atoms with Gasteiger partial charge in [0, 0.05) is 25.0 Å². The molecule has 3 unspecified atom stereocenters. The highest BCUT2D eigenvalue weighted by molar-refractivity contribution is 5.77. The van der Waals surface area contributed by atoms with Gasteiger partial charge in [0.25, 0.3) is 0 Å². The third-order valence-corrected chi connectivity index (χ3v) is 4.11. The summed E-state index contributed by atoms with van der Waals surface area (Å²) in [4.78, 5) is 14.3. The van der Waals surface area contributed by atoms with Crippen molar-refractivity contribution in [3.8, 4) is 0 Å². The van der Waals surface area contributed by atoms with Crippen molar-refractivity contribution in [1.29, 1.82) is 0 Å². The van der Waals surface area contributed by atoms with Crippen LogP contribution in [0.5, 0.6) is 0 Å². The minimum Gasteiger partial charge on any atom is -0.340 e. The molecule has 0 aromatic rings. The molecule has 0 aromatic heterocycles. The van der Waals surface area contributed by atoms with E-state index >= 15 is 0 Å². The van der Waals surface area contributed by atoms with E-state index in [1.807, 2.05) is 4.90 Å². The standard InChI is InChI=1S/C14H28N2O/c1-5-12(4)16(6-2)14(17)10-13-11(3)8-7-9-15-13/h11-13,15H,5-10H2,1-4H3. The van der Waals surface area contributed by atoms with Crippen LogP contribution >= 0.6 is 0 Å². The first-order valence-corrected chi connectivity index (χ1v) is 7.12. The molecule has 17 heavy (non-hydrogen) atoms. The van der Waals surface area contributed by atoms with Crippen molar-refractivity contribution in [2.75, 3.05) is 13.1 Å². The van der Waals surface area contributed by atoms with Crippen LogP contribution in [0, 0.1) is 5.92 Å². The molecule has 0 saturated carbocycles. The van der Waals surface area contributed by atoms with Gasteiger partial charge in [-0.2, -0.15) is 0 Å². The number of amides is 1. The summed E-state index contributed by atoms with van der Waals surface area (Å²) in [6, 6.07) is 0.751. The Morgan fingerprint density at radius 1 is 1.47 bits per heavy atom. The molecule has 0 radical (unpaired) electrons. The summed E-state index contributed by atoms with van der Waals surface area (Å²) in [5.74, 6) is 0.941. The van der Waals surface area contributed by atoms with E-state index in [2.05, 4.69) is 33.0 Å². The Morgan fingerprint density at radius 2 is 2.18 bits per heavy atom. The average Bonchev–Trinajstić information content (AvgIpc) is 2.32. The van der Waals surface area contributed by atoms with Crippen molar-refractivity contribution < 1.29 is 4.79 Å². The van der Waals surface area contributed by atoms with Crippen molar-refractivity contribution in [1.82, 2.24) is 10.2 Å². The third-order valence-electron chi connectivity index (χ3n) is 4.11. The molecule has 1 heterocycles. The summed E-state index contributed by atoms with van der Waals surface area (Å²) >= 11 is 0. The van der Waals surface area contributed by atoms with Gasteiger partial charge in [0.2, 0.25) is 5.91 Å². The number of carbonyl (C=O) groups excluding carboxylic acids is 1. The minimum absolute atomic E-state index is 0.313. The smallest absolute Gasteiger partial charge is 0.224 e. The molecule has 0 aromatic carbocycles. The van der Waals surface area contributed by atoms with Gasteiger partial charge in [0.05, 0.1) is 0 Å². The fraction of sp³-hybridized carbons (Fsp3) is 0.929. The second kappa shape index (κ2) is 7.00. The zero-order valence-electron chi connectivity index (χ0n) is 11.8. The van der Waals surface area contributed by atoms with Crippen LogP contribution in [0.25, 0.3) is 0 Å². The summed E-state index contributed by atoms with van der Waals surface area (Å²) in [6.45, 7) is 10.5. The third kappa shape index (κ3) is 3.98. The van der Waals surface area contributed by atoms with Crippen LogP contribution in [0.3, 0.4) is 0 Å². The lowest BCUT2D eigenvalue weighted by molar-refractivity contribution is -0.134. The molecule has 1 fully saturated rings. The van der Waals surface area contributed by atoms with Crippen LogP contribution in [0.4, 0.5) is 0 Å². The van der Waals surface area contributed by atoms with Crippen LogP contribution < -0.4 is 5.32 Å². The molecule has 0 spiro atoms. The molecule has 1 N–H and O–H groups in total. The zero-order chi connectivity index (χ0) is 12.8. The summed E-state index contributed by atoms with van der Waals surface area (Å²) in [5.41, 5.74) is 0. The molecule has 1 saturated heterocycles. The van der Waals surface area contributed by atoms with Crippen molar-refractivity contribution >= 4 is 5.91 Å². The number of hydrogen-bond donors (Lipinski definition) is 1. The highest BCUT2D eigenvalue weighted by Gasteiger charge is 2.26. The molecular formula is C14H28N2O. The topological polar surface area (TPSA) is 32.3 Å². The van der Waals surface area contributed by atoms with Gasteiger partial charge in [-0.05, 0) is 45.6 Å². The lowest BCUT2D eigenvalue weighted by atomic mass is 9.90. The predicted molar refractivity (Wildman–Crippen MR) is 71.9 cm³/mol. The first kappa shape index (κ1) is 14.5. The van der Waals surface area contributed by atoms with Gasteiger partial charge in [0.15, 0.2) is 0 Å². The zero-order valence-corrected chi connectivity index (χ0v) is 11.8. The largest absolute Gasteiger partial charge is 0.340 e. The molecular weight excluding hydrogens is 212 g/mol. The van der Waals surface area contributed by atoms with E-state index in [9.17, 15) is 4.79 Å². The van der Waals surface area contributed by atoms with Crippen LogP contribution in [-0.2, 0) is 4.79 Å². The fourth-order valence-corrected chi connectivity index (χ4v) is 2.65. The predicted octanol–water partition coefficient (Wildman–Crippen LogP) is 2.41. The van der Waals surface area contributed by atoms with Crippen molar-refractivity contribution in [3.05, 3.63) is 0 Å². The van der Waals surface area contributed by atoms with E-state index in [4.69, 9.17) is 0 Å². The normalized spacial score (nSPS) is 26.6. The molecule has 1 aliphatic rings. The number of hydrogen-bond acceptors (Lipinski definition) is 2. The average molecular weight is 240 g/mol. The second-order valence-electron chi connectivity index (χ2n) is 5.32. The molecule has 3 heteroatoms. The highest BCUT2D eigenvalue weighted by atomic mass is 16.2. The van der Waals surface area contributed by atoms with Crippen LogP contribution in [-0.4, -0.2) is 36.0 Å². The molecule has 1 amide bonds. The Kier molecular flexibility index (Phi) is 5.96. The Hall–Kier alpha value is -0.570. The maximum absolute atomic E-state index is 12.3. The van der Waals surface area contributed by atoms with Crippen LogP contribution in [0.15, 0.2) is 0 Å². The Balaban J connectivity index is 2.51. The molecule has 1 rings (SSSR count). The maximum atomic E-state index is 12.3. The van der Waals surface area contributed by atoms with E-state index in [1.54, 1.807) is 0 Å². The number of piperidine rings is 1. The van der Waals surface area contributed by atoms with Crippen molar-refractivity contribution in [3.63, 3.8) is 0 Å². The summed E-state index contributed by atoms with van der Waals surface area (Å²) in [7, 11) is 0. The number of rotatable bonds is 5. The number of nitrogens with one attached hydrogen (secondary N) is 1. The van der Waals surface area contributed by atoms with Gasteiger partial charge >= 0.3 is 0 Å². The van der Waals surface area contributed by atoms with Gasteiger partial charge in [-0.15, -0.1) is 0 Å². The van der Waals surface area contributed by atoms with E-state index in [1.165, 1.54) is 12.8 Å². The van der Waals surface area contributed by atoms with E-state index < -0.39 is 0 Å². The van der Waals surface area contributed by atoms with Crippen LogP contribution in [0.1, 0.15) is 53.4 Å². The SMILES string of the molecule is CCC(C)N(CC)C(=O)CC1NCCCC1C. The summed E-state index contributed by atoms with van der Waals surface area (Å²) in [5, 5.41) is 3.49. The Bertz CT molecular complexity index is 242. The fourth-order valence-electron chi connectivity index (χ4n) is 2.65. The van der Waals surface area contributed by atoms with E-state index in [0.717, 1.165) is 19.5 Å². The Labute approximate surface area is 106 Å². The van der Waals surface area contributed by atoms with Crippen molar-refractivity contribution in [2.24, 2.45) is 5.92 Å². The van der Waals surface area contributed by atoms with Gasteiger partial charge in [0.1, 0.15) is 0 Å². The molecule has 0 bridgehead atoms. The van der Waals surface area contributed by atoms with Crippen molar-refractivity contribution in [2.45, 2.75) is 65.5 Å². The Morgan fingerprint density at radius 3 is 2.71 bits per heavy atom. The maximum Gasteiger partial charge on any atom is 0.224 e. The first-order valence-electron chi connectivity index (χ1n) is 7.12. The number of carbonyl (C=O) groups is 1. The van der Waals surface area contributed by atoms with Gasteiger partial charge in [-0.1, -0.05) is 13.8 Å². The van der Waals surface area contributed by atoms with Gasteiger partial charge < -0.3 is 10.2 Å². The second-order valence-corrected chi connectivity index (χ2v) is 5.32. The number of nitrogens with zero attached hydrogens (tertiary/aromatic N) is 1. The molecule has 3 atom stereocenters. The highest BCUT2D eigenvalue weighted by Crippen LogP contribution is 2.19. The lowest BCUT2D eigenvalue weighted by Gasteiger charge is -2.33. The quantitative estimate of drug-likeness (QED) is 0.800. The lowest BCUT2D eigenvalue weighted by Crippen LogP contribution is -2.46. The van der Waals surface area contributed by atoms with Gasteiger partial charge in [-0.3, -0.25) is 4.79 Å². The minimum atomic E-state index is 0.313. The molecule has 1 aliphatic heterocycles. The molecule has 3 nitrogen and oxygen atoms in total. The van der Waals surface area contributed by atoms with E-state index in [-0.39, 0.29) is 0 Å². The monoisotopic (exact) mass is 240 g/mol. The van der Waals surface area contributed by atoms with Gasteiger partial charge in [-0.25, -0.2) is 0 Å². The van der Waals surface area contributed by atoms with Crippen LogP contribution in [0.2, 0.25) is 0 Å².